The molecule has 0 atom stereocenters. The molecule has 8 heteroatoms. The van der Waals surface area contributed by atoms with Crippen molar-refractivity contribution in [2.24, 2.45) is 7.05 Å². The summed E-state index contributed by atoms with van der Waals surface area (Å²) in [6.07, 6.45) is 7.22. The maximum absolute atomic E-state index is 9.44. The maximum Gasteiger partial charge on any atom is 0.103 e. The van der Waals surface area contributed by atoms with Crippen LogP contribution in [-0.4, -0.2) is 19.4 Å². The zero-order valence-electron chi connectivity index (χ0n) is 14.2. The third-order valence-corrected chi connectivity index (χ3v) is 5.93. The average Bonchev–Trinajstić information content (AvgIpc) is 3.27. The summed E-state index contributed by atoms with van der Waals surface area (Å²) in [5.74, 6) is 0.584. The number of pyridine rings is 1. The lowest BCUT2D eigenvalue weighted by Crippen LogP contribution is -1.93. The number of thioether (sulfide) groups is 1. The maximum atomic E-state index is 9.44. The SMILES string of the molecule is Cn1cc(-c2cc(SCc3c(Cl)cccc3Cl)c3c(C#N)cnn3c2)cn1. The third kappa shape index (κ3) is 3.42. The van der Waals surface area contributed by atoms with Crippen LogP contribution in [0.5, 0.6) is 0 Å². The molecule has 1 aromatic carbocycles. The molecule has 0 saturated heterocycles. The lowest BCUT2D eigenvalue weighted by atomic mass is 10.1. The van der Waals surface area contributed by atoms with Crippen LogP contribution in [0.4, 0.5) is 0 Å². The van der Waals surface area contributed by atoms with Gasteiger partial charge in [-0.2, -0.15) is 15.5 Å². The number of rotatable bonds is 4. The second-order valence-electron chi connectivity index (χ2n) is 5.95. The molecule has 0 amide bonds. The fourth-order valence-electron chi connectivity index (χ4n) is 2.82. The van der Waals surface area contributed by atoms with E-state index in [9.17, 15) is 5.26 Å². The Morgan fingerprint density at radius 2 is 1.89 bits per heavy atom. The summed E-state index contributed by atoms with van der Waals surface area (Å²) in [5, 5.41) is 19.3. The first-order valence-corrected chi connectivity index (χ1v) is 9.77. The van der Waals surface area contributed by atoms with Gasteiger partial charge in [0.25, 0.3) is 0 Å². The Morgan fingerprint density at radius 1 is 1.11 bits per heavy atom. The van der Waals surface area contributed by atoms with Crippen LogP contribution in [0.15, 0.2) is 53.9 Å². The molecule has 3 aromatic heterocycles. The average molecular weight is 414 g/mol. The van der Waals surface area contributed by atoms with Crippen LogP contribution in [0.3, 0.4) is 0 Å². The molecule has 4 aromatic rings. The Bertz CT molecular complexity index is 1170. The zero-order chi connectivity index (χ0) is 19.0. The smallest absolute Gasteiger partial charge is 0.103 e. The van der Waals surface area contributed by atoms with Crippen molar-refractivity contribution in [2.45, 2.75) is 10.6 Å². The number of halogens is 2. The number of benzene rings is 1. The zero-order valence-corrected chi connectivity index (χ0v) is 16.6. The second kappa shape index (κ2) is 7.28. The van der Waals surface area contributed by atoms with Crippen LogP contribution in [0.1, 0.15) is 11.1 Å². The van der Waals surface area contributed by atoms with Crippen LogP contribution < -0.4 is 0 Å². The fourth-order valence-corrected chi connectivity index (χ4v) is 4.68. The van der Waals surface area contributed by atoms with Crippen LogP contribution in [0, 0.1) is 11.3 Å². The van der Waals surface area contributed by atoms with Gasteiger partial charge in [0.05, 0.1) is 23.5 Å². The molecule has 0 saturated carbocycles. The van der Waals surface area contributed by atoms with Crippen molar-refractivity contribution < 1.29 is 0 Å². The first-order chi connectivity index (χ1) is 13.1. The summed E-state index contributed by atoms with van der Waals surface area (Å²) in [5.41, 5.74) is 4.12. The summed E-state index contributed by atoms with van der Waals surface area (Å²) < 4.78 is 3.48. The highest BCUT2D eigenvalue weighted by atomic mass is 35.5. The third-order valence-electron chi connectivity index (χ3n) is 4.17. The molecule has 0 bridgehead atoms. The van der Waals surface area contributed by atoms with E-state index >= 15 is 0 Å². The van der Waals surface area contributed by atoms with Gasteiger partial charge in [0.15, 0.2) is 0 Å². The van der Waals surface area contributed by atoms with E-state index in [4.69, 9.17) is 23.2 Å². The minimum atomic E-state index is 0.528. The normalized spacial score (nSPS) is 11.0. The minimum absolute atomic E-state index is 0.528. The first kappa shape index (κ1) is 17.9. The Morgan fingerprint density at radius 3 is 2.56 bits per heavy atom. The van der Waals surface area contributed by atoms with Crippen molar-refractivity contribution in [3.8, 4) is 17.2 Å². The number of nitriles is 1. The van der Waals surface area contributed by atoms with Gasteiger partial charge in [-0.05, 0) is 23.8 Å². The Kier molecular flexibility index (Phi) is 4.83. The van der Waals surface area contributed by atoms with Crippen LogP contribution in [-0.2, 0) is 12.8 Å². The summed E-state index contributed by atoms with van der Waals surface area (Å²) in [4.78, 5) is 0.932. The van der Waals surface area contributed by atoms with Crippen LogP contribution in [0.25, 0.3) is 16.6 Å². The molecular weight excluding hydrogens is 401 g/mol. The summed E-state index contributed by atoms with van der Waals surface area (Å²) in [7, 11) is 1.87. The molecule has 0 aliphatic rings. The highest BCUT2D eigenvalue weighted by Crippen LogP contribution is 2.36. The van der Waals surface area contributed by atoms with Crippen LogP contribution >= 0.6 is 35.0 Å². The molecule has 0 aliphatic carbocycles. The monoisotopic (exact) mass is 413 g/mol. The largest absolute Gasteiger partial charge is 0.275 e. The van der Waals surface area contributed by atoms with Gasteiger partial charge in [0.2, 0.25) is 0 Å². The van der Waals surface area contributed by atoms with E-state index in [2.05, 4.69) is 16.3 Å². The first-order valence-electron chi connectivity index (χ1n) is 8.03. The number of hydrogen-bond acceptors (Lipinski definition) is 4. The molecule has 134 valence electrons. The molecule has 0 spiro atoms. The highest BCUT2D eigenvalue weighted by molar-refractivity contribution is 7.98. The number of hydrogen-bond donors (Lipinski definition) is 0. The number of fused-ring (bicyclic) bond motifs is 1. The van der Waals surface area contributed by atoms with E-state index in [1.54, 1.807) is 33.4 Å². The van der Waals surface area contributed by atoms with Crippen molar-refractivity contribution >= 4 is 40.5 Å². The number of nitrogens with zero attached hydrogens (tertiary/aromatic N) is 5. The Labute approximate surface area is 170 Å². The minimum Gasteiger partial charge on any atom is -0.275 e. The molecule has 0 radical (unpaired) electrons. The predicted molar refractivity (Wildman–Crippen MR) is 108 cm³/mol. The molecule has 0 unspecified atom stereocenters. The van der Waals surface area contributed by atoms with Gasteiger partial charge in [0.1, 0.15) is 6.07 Å². The molecule has 0 aliphatic heterocycles. The highest BCUT2D eigenvalue weighted by Gasteiger charge is 2.15. The van der Waals surface area contributed by atoms with Crippen molar-refractivity contribution in [3.05, 3.63) is 70.2 Å². The molecule has 0 fully saturated rings. The van der Waals surface area contributed by atoms with Gasteiger partial charge in [-0.25, -0.2) is 4.52 Å². The van der Waals surface area contributed by atoms with Crippen molar-refractivity contribution in [1.29, 1.82) is 5.26 Å². The van der Waals surface area contributed by atoms with Gasteiger partial charge >= 0.3 is 0 Å². The number of aromatic nitrogens is 4. The molecule has 4 rings (SSSR count). The van der Waals surface area contributed by atoms with Gasteiger partial charge < -0.3 is 0 Å². The Hall–Kier alpha value is -2.46. The van der Waals surface area contributed by atoms with Gasteiger partial charge in [-0.1, -0.05) is 29.3 Å². The second-order valence-corrected chi connectivity index (χ2v) is 7.78. The standard InChI is InChI=1S/C19H13Cl2N5S/c1-25-9-14(8-23-25)12-5-18(19-13(6-22)7-24-26(19)10-12)27-11-15-16(20)3-2-4-17(15)21/h2-5,7-10H,11H2,1H3. The van der Waals surface area contributed by atoms with E-state index in [1.807, 2.05) is 43.7 Å². The summed E-state index contributed by atoms with van der Waals surface area (Å²) in [6, 6.07) is 9.73. The van der Waals surface area contributed by atoms with Crippen molar-refractivity contribution in [1.82, 2.24) is 19.4 Å². The topological polar surface area (TPSA) is 58.9 Å². The summed E-state index contributed by atoms with van der Waals surface area (Å²) in [6.45, 7) is 0. The molecule has 0 N–H and O–H groups in total. The quantitative estimate of drug-likeness (QED) is 0.431. The van der Waals surface area contributed by atoms with E-state index in [-0.39, 0.29) is 0 Å². The molecule has 27 heavy (non-hydrogen) atoms. The van der Waals surface area contributed by atoms with Crippen LogP contribution in [0.2, 0.25) is 10.0 Å². The van der Waals surface area contributed by atoms with Crippen molar-refractivity contribution in [3.63, 3.8) is 0 Å². The van der Waals surface area contributed by atoms with E-state index in [1.165, 1.54) is 0 Å². The molecule has 3 heterocycles. The lowest BCUT2D eigenvalue weighted by Gasteiger charge is -2.10. The van der Waals surface area contributed by atoms with E-state index in [0.717, 1.165) is 27.1 Å². The lowest BCUT2D eigenvalue weighted by molar-refractivity contribution is 0.768. The van der Waals surface area contributed by atoms with E-state index < -0.39 is 0 Å². The predicted octanol–water partition coefficient (Wildman–Crippen LogP) is 5.21. The Balaban J connectivity index is 1.80. The number of aryl methyl sites for hydroxylation is 1. The fraction of sp³-hybridized carbons (Fsp3) is 0.105. The van der Waals surface area contributed by atoms with Crippen molar-refractivity contribution in [2.75, 3.05) is 0 Å². The summed E-state index contributed by atoms with van der Waals surface area (Å²) >= 11 is 14.2. The van der Waals surface area contributed by atoms with Gasteiger partial charge in [-0.3, -0.25) is 4.68 Å². The molecule has 5 nitrogen and oxygen atoms in total. The molecular formula is C19H13Cl2N5S. The van der Waals surface area contributed by atoms with Gasteiger partial charge in [-0.15, -0.1) is 11.8 Å². The van der Waals surface area contributed by atoms with E-state index in [0.29, 0.717) is 21.4 Å². The van der Waals surface area contributed by atoms with Gasteiger partial charge in [0, 0.05) is 51.3 Å².